The van der Waals surface area contributed by atoms with Gasteiger partial charge in [0.25, 0.3) is 0 Å². The van der Waals surface area contributed by atoms with Gasteiger partial charge in [-0.3, -0.25) is 4.90 Å². The molecule has 0 saturated carbocycles. The molecule has 3 aromatic carbocycles. The van der Waals surface area contributed by atoms with Crippen LogP contribution in [0.3, 0.4) is 0 Å². The van der Waals surface area contributed by atoms with Gasteiger partial charge in [-0.2, -0.15) is 4.31 Å². The highest BCUT2D eigenvalue weighted by Gasteiger charge is 2.32. The second kappa shape index (κ2) is 8.98. The van der Waals surface area contributed by atoms with Gasteiger partial charge in [0.15, 0.2) is 0 Å². The fourth-order valence-electron chi connectivity index (χ4n) is 3.85. The third-order valence-corrected chi connectivity index (χ3v) is 7.83. The molecule has 1 aliphatic rings. The van der Waals surface area contributed by atoms with E-state index in [4.69, 9.17) is 0 Å². The van der Waals surface area contributed by atoms with E-state index in [1.165, 1.54) is 39.7 Å². The molecule has 0 N–H and O–H groups in total. The Morgan fingerprint density at radius 2 is 1.33 bits per heavy atom. The smallest absolute Gasteiger partial charge is 0.243 e. The second-order valence-electron chi connectivity index (χ2n) is 7.26. The van der Waals surface area contributed by atoms with Gasteiger partial charge in [0.1, 0.15) is 5.82 Å². The van der Waals surface area contributed by atoms with Gasteiger partial charge in [-0.1, -0.05) is 58.4 Å². The first-order valence-electron chi connectivity index (χ1n) is 9.75. The molecule has 156 valence electrons. The van der Waals surface area contributed by atoms with Crippen molar-refractivity contribution in [3.63, 3.8) is 0 Å². The van der Waals surface area contributed by atoms with Crippen LogP contribution < -0.4 is 0 Å². The zero-order valence-electron chi connectivity index (χ0n) is 16.3. The van der Waals surface area contributed by atoms with Crippen molar-refractivity contribution >= 4 is 26.0 Å². The van der Waals surface area contributed by atoms with Gasteiger partial charge in [0.05, 0.1) is 10.9 Å². The first kappa shape index (κ1) is 21.2. The van der Waals surface area contributed by atoms with Crippen LogP contribution in [0.2, 0.25) is 0 Å². The van der Waals surface area contributed by atoms with Gasteiger partial charge in [0.2, 0.25) is 10.0 Å². The Labute approximate surface area is 185 Å². The summed E-state index contributed by atoms with van der Waals surface area (Å²) >= 11 is 3.49. The van der Waals surface area contributed by atoms with Crippen molar-refractivity contribution in [2.24, 2.45) is 0 Å². The summed E-state index contributed by atoms with van der Waals surface area (Å²) in [5, 5.41) is 0. The minimum Gasteiger partial charge on any atom is -0.290 e. The van der Waals surface area contributed by atoms with Crippen molar-refractivity contribution in [1.29, 1.82) is 0 Å². The van der Waals surface area contributed by atoms with Crippen molar-refractivity contribution in [2.75, 3.05) is 26.2 Å². The average Bonchev–Trinajstić information content (AvgIpc) is 2.77. The second-order valence-corrected chi connectivity index (χ2v) is 10.1. The molecule has 0 aliphatic carbocycles. The van der Waals surface area contributed by atoms with E-state index in [9.17, 15) is 12.8 Å². The quantitative estimate of drug-likeness (QED) is 0.523. The lowest BCUT2D eigenvalue weighted by Crippen LogP contribution is -2.49. The van der Waals surface area contributed by atoms with Crippen molar-refractivity contribution in [2.45, 2.75) is 10.9 Å². The number of rotatable bonds is 5. The molecule has 4 rings (SSSR count). The van der Waals surface area contributed by atoms with Gasteiger partial charge in [-0.05, 0) is 47.5 Å². The topological polar surface area (TPSA) is 40.6 Å². The maximum atomic E-state index is 13.2. The first-order chi connectivity index (χ1) is 14.4. The van der Waals surface area contributed by atoms with Crippen LogP contribution in [0.15, 0.2) is 88.2 Å². The van der Waals surface area contributed by atoms with Gasteiger partial charge in [-0.15, -0.1) is 0 Å². The lowest BCUT2D eigenvalue weighted by Gasteiger charge is -2.39. The fourth-order valence-corrected chi connectivity index (χ4v) is 5.54. The highest BCUT2D eigenvalue weighted by Crippen LogP contribution is 2.31. The van der Waals surface area contributed by atoms with Crippen molar-refractivity contribution in [3.8, 4) is 0 Å². The average molecular weight is 489 g/mol. The molecule has 30 heavy (non-hydrogen) atoms. The van der Waals surface area contributed by atoms with Gasteiger partial charge in [0, 0.05) is 30.7 Å². The van der Waals surface area contributed by atoms with Gasteiger partial charge >= 0.3 is 0 Å². The van der Waals surface area contributed by atoms with Crippen LogP contribution >= 0.6 is 15.9 Å². The van der Waals surface area contributed by atoms with Gasteiger partial charge in [-0.25, -0.2) is 12.8 Å². The Bertz CT molecular complexity index is 1080. The van der Waals surface area contributed by atoms with E-state index in [0.717, 1.165) is 4.47 Å². The Balaban J connectivity index is 1.56. The van der Waals surface area contributed by atoms with E-state index in [1.807, 2.05) is 30.3 Å². The molecule has 3 aromatic rings. The number of sulfonamides is 1. The highest BCUT2D eigenvalue weighted by atomic mass is 79.9. The molecule has 1 atom stereocenters. The number of piperazine rings is 1. The van der Waals surface area contributed by atoms with E-state index in [1.54, 1.807) is 0 Å². The molecule has 0 amide bonds. The summed E-state index contributed by atoms with van der Waals surface area (Å²) < 4.78 is 41.6. The molecule has 7 heteroatoms. The number of hydrogen-bond acceptors (Lipinski definition) is 3. The summed E-state index contributed by atoms with van der Waals surface area (Å²) in [6, 6.07) is 23.6. The standard InChI is InChI=1S/C23H22BrFN2O2S/c24-20-8-6-19(7-9-20)23(18-4-2-1-3-5-18)26-14-16-27(17-15-26)30(28,29)22-12-10-21(25)11-13-22/h1-13,23H,14-17H2/t23-/m0/s1. The van der Waals surface area contributed by atoms with Crippen LogP contribution in [0.1, 0.15) is 17.2 Å². The van der Waals surface area contributed by atoms with Crippen molar-refractivity contribution < 1.29 is 12.8 Å². The van der Waals surface area contributed by atoms with Crippen molar-refractivity contribution in [1.82, 2.24) is 9.21 Å². The van der Waals surface area contributed by atoms with Crippen LogP contribution in [0.25, 0.3) is 0 Å². The van der Waals surface area contributed by atoms with Gasteiger partial charge < -0.3 is 0 Å². The number of halogens is 2. The predicted molar refractivity (Wildman–Crippen MR) is 119 cm³/mol. The summed E-state index contributed by atoms with van der Waals surface area (Å²) in [6.45, 7) is 1.99. The maximum absolute atomic E-state index is 13.2. The molecule has 0 aromatic heterocycles. The molecular weight excluding hydrogens is 467 g/mol. The molecule has 1 fully saturated rings. The summed E-state index contributed by atoms with van der Waals surface area (Å²) in [5.41, 5.74) is 2.34. The Kier molecular flexibility index (Phi) is 6.34. The Morgan fingerprint density at radius 1 is 0.767 bits per heavy atom. The lowest BCUT2D eigenvalue weighted by molar-refractivity contribution is 0.156. The summed E-state index contributed by atoms with van der Waals surface area (Å²) in [4.78, 5) is 2.44. The Hall–Kier alpha value is -2.06. The number of benzene rings is 3. The summed E-state index contributed by atoms with van der Waals surface area (Å²) in [5.74, 6) is -0.445. The molecular formula is C23H22BrFN2O2S. The SMILES string of the molecule is O=S(=O)(c1ccc(F)cc1)N1CCN([C@@H](c2ccccc2)c2ccc(Br)cc2)CC1. The fraction of sp³-hybridized carbons (Fsp3) is 0.217. The van der Waals surface area contributed by atoms with Crippen LogP contribution in [-0.4, -0.2) is 43.8 Å². The molecule has 1 heterocycles. The lowest BCUT2D eigenvalue weighted by atomic mass is 9.96. The van der Waals surface area contributed by atoms with Crippen LogP contribution in [-0.2, 0) is 10.0 Å². The molecule has 1 saturated heterocycles. The molecule has 0 radical (unpaired) electrons. The normalized spacial score (nSPS) is 17.0. The van der Waals surface area contributed by atoms with E-state index in [2.05, 4.69) is 45.1 Å². The maximum Gasteiger partial charge on any atom is 0.243 e. The van der Waals surface area contributed by atoms with Crippen molar-refractivity contribution in [3.05, 3.63) is 100 Å². The zero-order valence-corrected chi connectivity index (χ0v) is 18.7. The monoisotopic (exact) mass is 488 g/mol. The minimum atomic E-state index is -3.63. The molecule has 1 aliphatic heterocycles. The van der Waals surface area contributed by atoms with E-state index in [-0.39, 0.29) is 10.9 Å². The third kappa shape index (κ3) is 4.49. The summed E-state index contributed by atoms with van der Waals surface area (Å²) in [6.07, 6.45) is 0. The molecule has 0 unspecified atom stereocenters. The molecule has 0 spiro atoms. The van der Waals surface area contributed by atoms with E-state index in [0.29, 0.717) is 26.2 Å². The predicted octanol–water partition coefficient (Wildman–Crippen LogP) is 4.68. The van der Waals surface area contributed by atoms with Crippen LogP contribution in [0.5, 0.6) is 0 Å². The minimum absolute atomic E-state index is 0.0509. The molecule has 4 nitrogen and oxygen atoms in total. The van der Waals surface area contributed by atoms with Crippen LogP contribution in [0, 0.1) is 5.82 Å². The largest absolute Gasteiger partial charge is 0.290 e. The third-order valence-electron chi connectivity index (χ3n) is 5.39. The van der Waals surface area contributed by atoms with Crippen LogP contribution in [0.4, 0.5) is 4.39 Å². The summed E-state index contributed by atoms with van der Waals surface area (Å²) in [7, 11) is -3.63. The van der Waals surface area contributed by atoms with E-state index < -0.39 is 15.8 Å². The molecule has 0 bridgehead atoms. The highest BCUT2D eigenvalue weighted by molar-refractivity contribution is 9.10. The van der Waals surface area contributed by atoms with E-state index >= 15 is 0 Å². The number of nitrogens with zero attached hydrogens (tertiary/aromatic N) is 2. The zero-order chi connectivity index (χ0) is 21.1. The Morgan fingerprint density at radius 3 is 1.93 bits per heavy atom. The number of hydrogen-bond donors (Lipinski definition) is 0. The first-order valence-corrected chi connectivity index (χ1v) is 12.0.